The number of allylic oxidation sites excluding steroid dienone is 8. The Morgan fingerprint density at radius 1 is 0.681 bits per heavy atom. The number of methoxy groups -OCH3 is 3. The molecule has 384 valence electrons. The summed E-state index contributed by atoms with van der Waals surface area (Å²) in [6, 6.07) is 9.58. The van der Waals surface area contributed by atoms with Crippen LogP contribution >= 0.6 is 0 Å². The molecule has 2 aliphatic heterocycles. The maximum absolute atomic E-state index is 13.4. The number of anilines is 1. The third-order valence-electron chi connectivity index (χ3n) is 12.1. The predicted molar refractivity (Wildman–Crippen MR) is 264 cm³/mol. The summed E-state index contributed by atoms with van der Waals surface area (Å²) in [5.74, 6) is -1.91. The molecule has 0 amide bonds. The van der Waals surface area contributed by atoms with Crippen LogP contribution in [0.4, 0.5) is 11.4 Å². The van der Waals surface area contributed by atoms with Crippen LogP contribution in [-0.2, 0) is 70.1 Å². The summed E-state index contributed by atoms with van der Waals surface area (Å²) in [6.07, 6.45) is 14.9. The highest BCUT2D eigenvalue weighted by molar-refractivity contribution is 7.89. The van der Waals surface area contributed by atoms with E-state index in [-0.39, 0.29) is 68.2 Å². The van der Waals surface area contributed by atoms with Crippen molar-refractivity contribution in [2.24, 2.45) is 0 Å². The van der Waals surface area contributed by atoms with Crippen molar-refractivity contribution in [1.29, 1.82) is 0 Å². The number of rotatable bonds is 31. The van der Waals surface area contributed by atoms with E-state index in [2.05, 4.69) is 9.44 Å². The zero-order valence-corrected chi connectivity index (χ0v) is 43.1. The van der Waals surface area contributed by atoms with Gasteiger partial charge in [0.05, 0.1) is 46.5 Å². The molecule has 69 heavy (non-hydrogen) atoms. The third-order valence-corrected chi connectivity index (χ3v) is 16.7. The van der Waals surface area contributed by atoms with Crippen molar-refractivity contribution in [2.45, 2.75) is 85.8 Å². The molecule has 0 saturated carbocycles. The number of sulfonamides is 2. The van der Waals surface area contributed by atoms with Crippen LogP contribution in [0.2, 0.25) is 0 Å². The van der Waals surface area contributed by atoms with Crippen molar-refractivity contribution in [3.63, 3.8) is 0 Å². The van der Waals surface area contributed by atoms with E-state index >= 15 is 0 Å². The van der Waals surface area contributed by atoms with E-state index in [1.807, 2.05) is 35.5 Å². The van der Waals surface area contributed by atoms with Gasteiger partial charge < -0.3 is 24.2 Å². The standard InChI is InChI=1S/C46H66N4O15S4/c1-45(23-14-32-66(53,54)55)38-34-36(68(59,60)47-25-29-63-3)19-21-40(38)49(27-13-9-12-18-44(51)52)42(45)16-10-7-6-8-11-17-43-46(2,24-15-33-67(56,57)58)39-35-37(69(61,62)48-26-30-64-4)20-22-41(39)50(43)28-31-65-5/h6-8,10-11,16-17,19-22,34-35,47-48H,9,12-15,18,23-33H2,1-5H3,(H2-,51,52,53,54,55,56,57,58)/p+1. The molecule has 23 heteroatoms. The number of fused-ring (bicyclic) bond motifs is 2. The fraction of sp³-hybridized carbons (Fsp3) is 0.522. The van der Waals surface area contributed by atoms with Crippen LogP contribution in [0.25, 0.3) is 0 Å². The first kappa shape index (κ1) is 57.4. The number of unbranched alkanes of at least 4 members (excludes halogenated alkanes) is 2. The van der Waals surface area contributed by atoms with Gasteiger partial charge in [0, 0.05) is 88.3 Å². The minimum absolute atomic E-state index is 0.00486. The van der Waals surface area contributed by atoms with Gasteiger partial charge >= 0.3 is 5.97 Å². The van der Waals surface area contributed by atoms with Crippen LogP contribution in [0.5, 0.6) is 0 Å². The van der Waals surface area contributed by atoms with Gasteiger partial charge in [-0.15, -0.1) is 0 Å². The first-order valence-corrected chi connectivity index (χ1v) is 28.6. The van der Waals surface area contributed by atoms with Gasteiger partial charge in [0.15, 0.2) is 5.71 Å². The average molecular weight is 1040 g/mol. The van der Waals surface area contributed by atoms with Crippen LogP contribution in [0.3, 0.4) is 0 Å². The number of ether oxygens (including phenoxy) is 3. The van der Waals surface area contributed by atoms with Crippen LogP contribution in [-0.4, -0.2) is 143 Å². The van der Waals surface area contributed by atoms with Crippen molar-refractivity contribution in [1.82, 2.24) is 9.44 Å². The highest BCUT2D eigenvalue weighted by Crippen LogP contribution is 2.51. The molecule has 0 bridgehead atoms. The molecule has 2 heterocycles. The van der Waals surface area contributed by atoms with E-state index in [1.165, 1.54) is 26.4 Å². The average Bonchev–Trinajstić information content (AvgIpc) is 3.63. The van der Waals surface area contributed by atoms with Gasteiger partial charge in [-0.3, -0.25) is 13.9 Å². The maximum atomic E-state index is 13.4. The molecule has 0 radical (unpaired) electrons. The maximum Gasteiger partial charge on any atom is 0.303 e. The Labute approximate surface area is 407 Å². The zero-order chi connectivity index (χ0) is 51.1. The molecular formula is C46H67N4O15S4+. The molecule has 2 atom stereocenters. The first-order chi connectivity index (χ1) is 32.4. The fourth-order valence-electron chi connectivity index (χ4n) is 8.74. The van der Waals surface area contributed by atoms with Gasteiger partial charge in [-0.2, -0.15) is 21.4 Å². The largest absolute Gasteiger partial charge is 0.481 e. The number of hydrogen-bond acceptors (Lipinski definition) is 13. The lowest BCUT2D eigenvalue weighted by Crippen LogP contribution is -2.32. The predicted octanol–water partition coefficient (Wildman–Crippen LogP) is 4.85. The number of nitrogens with zero attached hydrogens (tertiary/aromatic N) is 2. The van der Waals surface area contributed by atoms with Gasteiger partial charge in [0.2, 0.25) is 25.7 Å². The Bertz CT molecular complexity index is 2740. The summed E-state index contributed by atoms with van der Waals surface area (Å²) < 4.78 is 143. The van der Waals surface area contributed by atoms with E-state index in [4.69, 9.17) is 14.2 Å². The third kappa shape index (κ3) is 15.9. The number of nitrogens with one attached hydrogen (secondary N) is 2. The lowest BCUT2D eigenvalue weighted by Gasteiger charge is -2.30. The summed E-state index contributed by atoms with van der Waals surface area (Å²) in [6.45, 7) is 5.33. The second-order valence-corrected chi connectivity index (χ2v) is 23.8. The first-order valence-electron chi connectivity index (χ1n) is 22.5. The molecule has 2 aromatic carbocycles. The second-order valence-electron chi connectivity index (χ2n) is 17.1. The number of carboxylic acids is 1. The Balaban J connectivity index is 1.76. The van der Waals surface area contributed by atoms with Gasteiger partial charge in [-0.1, -0.05) is 30.4 Å². The molecule has 5 N–H and O–H groups in total. The number of hydrogen-bond donors (Lipinski definition) is 5. The van der Waals surface area contributed by atoms with Crippen LogP contribution in [0.1, 0.15) is 76.3 Å². The molecule has 4 rings (SSSR count). The van der Waals surface area contributed by atoms with E-state index in [0.717, 1.165) is 11.4 Å². The molecule has 2 unspecified atom stereocenters. The molecule has 2 aliphatic rings. The lowest BCUT2D eigenvalue weighted by molar-refractivity contribution is -0.438. The van der Waals surface area contributed by atoms with E-state index in [9.17, 15) is 52.7 Å². The normalized spacial score (nSPS) is 19.5. The topological polar surface area (TPSA) is 272 Å². The summed E-state index contributed by atoms with van der Waals surface area (Å²) in [5, 5.41) is 9.20. The molecular weight excluding hydrogens is 977 g/mol. The Morgan fingerprint density at radius 3 is 1.78 bits per heavy atom. The van der Waals surface area contributed by atoms with Crippen LogP contribution in [0, 0.1) is 0 Å². The number of benzene rings is 2. The molecule has 0 fully saturated rings. The van der Waals surface area contributed by atoms with E-state index in [0.29, 0.717) is 61.5 Å². The van der Waals surface area contributed by atoms with Gasteiger partial charge in [0.1, 0.15) is 6.54 Å². The minimum atomic E-state index is -4.32. The van der Waals surface area contributed by atoms with Crippen molar-refractivity contribution in [3.8, 4) is 0 Å². The van der Waals surface area contributed by atoms with Crippen molar-refractivity contribution in [3.05, 3.63) is 95.8 Å². The molecule has 0 aliphatic carbocycles. The van der Waals surface area contributed by atoms with Crippen LogP contribution < -0.4 is 14.3 Å². The molecule has 0 spiro atoms. The number of carboxylic acid groups (broad SMARTS) is 1. The second kappa shape index (κ2) is 25.3. The monoisotopic (exact) mass is 1040 g/mol. The van der Waals surface area contributed by atoms with Gasteiger partial charge in [-0.25, -0.2) is 26.3 Å². The van der Waals surface area contributed by atoms with E-state index < -0.39 is 68.6 Å². The highest BCUT2D eigenvalue weighted by Gasteiger charge is 2.48. The quantitative estimate of drug-likeness (QED) is 0.0292. The van der Waals surface area contributed by atoms with Gasteiger partial charge in [-0.05, 0) is 94.3 Å². The summed E-state index contributed by atoms with van der Waals surface area (Å²) in [5.41, 5.74) is 2.32. The van der Waals surface area contributed by atoms with Crippen LogP contribution in [0.15, 0.2) is 94.4 Å². The smallest absolute Gasteiger partial charge is 0.303 e. The Hall–Kier alpha value is -4.14. The number of aliphatic carboxylic acids is 1. The number of carbonyl (C=O) groups is 1. The lowest BCUT2D eigenvalue weighted by atomic mass is 9.76. The van der Waals surface area contributed by atoms with Crippen molar-refractivity contribution >= 4 is 63.3 Å². The van der Waals surface area contributed by atoms with Crippen molar-refractivity contribution < 1.29 is 71.5 Å². The highest BCUT2D eigenvalue weighted by atomic mass is 32.2. The fourth-order valence-corrected chi connectivity index (χ4v) is 11.8. The summed E-state index contributed by atoms with van der Waals surface area (Å²) in [7, 11) is -12.1. The molecule has 0 saturated heterocycles. The molecule has 2 aromatic rings. The minimum Gasteiger partial charge on any atom is -0.481 e. The van der Waals surface area contributed by atoms with Gasteiger partial charge in [0.25, 0.3) is 20.2 Å². The van der Waals surface area contributed by atoms with Crippen molar-refractivity contribution in [2.75, 3.05) is 83.7 Å². The molecule has 0 aromatic heterocycles. The Kier molecular flexibility index (Phi) is 21.1. The van der Waals surface area contributed by atoms with E-state index in [1.54, 1.807) is 61.8 Å². The molecule has 19 nitrogen and oxygen atoms in total. The summed E-state index contributed by atoms with van der Waals surface area (Å²) >= 11 is 0. The Morgan fingerprint density at radius 2 is 1.22 bits per heavy atom. The zero-order valence-electron chi connectivity index (χ0n) is 39.8. The SMILES string of the molecule is COCCNS(=O)(=O)c1ccc2c(c1)C(C)(CCCS(=O)(=O)O)C(/C=C/C=C/C=C/C=C1/N(CCOC)c3ccc(S(=O)(=O)NCCOC)cc3C1(C)CCCS(=O)(=O)O)=[N+]2CCCCCC(=O)O. The summed E-state index contributed by atoms with van der Waals surface area (Å²) in [4.78, 5) is 13.2.